The van der Waals surface area contributed by atoms with Crippen molar-refractivity contribution in [1.29, 1.82) is 0 Å². The Morgan fingerprint density at radius 1 is 1.27 bits per heavy atom. The number of nitrogen functional groups attached to an aromatic ring is 1. The second-order valence-electron chi connectivity index (χ2n) is 5.56. The Balaban J connectivity index is 1.93. The van der Waals surface area contributed by atoms with Crippen molar-refractivity contribution in [1.82, 2.24) is 9.88 Å². The molecule has 1 aromatic heterocycles. The molecule has 1 aliphatic heterocycles. The number of nitrogens with zero attached hydrogens (tertiary/aromatic N) is 2. The van der Waals surface area contributed by atoms with Crippen molar-refractivity contribution in [3.8, 4) is 11.3 Å². The summed E-state index contributed by atoms with van der Waals surface area (Å²) in [6.07, 6.45) is 0.0799. The van der Waals surface area contributed by atoms with Crippen LogP contribution in [0.1, 0.15) is 23.5 Å². The third kappa shape index (κ3) is 2.98. The van der Waals surface area contributed by atoms with Crippen LogP contribution in [0.4, 0.5) is 5.13 Å². The summed E-state index contributed by atoms with van der Waals surface area (Å²) in [4.78, 5) is 19.7. The molecule has 1 aromatic carbocycles. The van der Waals surface area contributed by atoms with Gasteiger partial charge in [0.05, 0.1) is 17.9 Å². The van der Waals surface area contributed by atoms with Gasteiger partial charge in [0.2, 0.25) is 0 Å². The highest BCUT2D eigenvalue weighted by Crippen LogP contribution is 2.31. The summed E-state index contributed by atoms with van der Waals surface area (Å²) in [6, 6.07) is 9.67. The number of anilines is 1. The Morgan fingerprint density at radius 2 is 1.91 bits per heavy atom. The van der Waals surface area contributed by atoms with E-state index in [1.165, 1.54) is 11.3 Å². The topological polar surface area (TPSA) is 68.5 Å². The molecule has 0 aliphatic carbocycles. The summed E-state index contributed by atoms with van der Waals surface area (Å²) in [6.45, 7) is 5.15. The number of amides is 1. The Bertz CT molecular complexity index is 661. The molecule has 2 N–H and O–H groups in total. The number of carbonyl (C=O) groups excluding carboxylic acids is 1. The number of hydrogen-bond acceptors (Lipinski definition) is 5. The van der Waals surface area contributed by atoms with Gasteiger partial charge in [-0.1, -0.05) is 41.7 Å². The molecule has 6 heteroatoms. The molecule has 0 spiro atoms. The zero-order valence-electron chi connectivity index (χ0n) is 12.7. The van der Waals surface area contributed by atoms with Gasteiger partial charge >= 0.3 is 0 Å². The average Bonchev–Trinajstić information content (AvgIpc) is 2.88. The first kappa shape index (κ1) is 15.0. The molecule has 0 radical (unpaired) electrons. The molecule has 116 valence electrons. The maximum absolute atomic E-state index is 12.9. The molecule has 2 unspecified atom stereocenters. The monoisotopic (exact) mass is 317 g/mol. The number of ether oxygens (including phenoxy) is 1. The summed E-state index contributed by atoms with van der Waals surface area (Å²) in [5.41, 5.74) is 7.43. The largest absolute Gasteiger partial charge is 0.375 e. The lowest BCUT2D eigenvalue weighted by atomic mass is 10.1. The first-order valence-electron chi connectivity index (χ1n) is 7.31. The van der Waals surface area contributed by atoms with Gasteiger partial charge in [-0.15, -0.1) is 0 Å². The fraction of sp³-hybridized carbons (Fsp3) is 0.375. The Kier molecular flexibility index (Phi) is 4.13. The van der Waals surface area contributed by atoms with Crippen LogP contribution in [0, 0.1) is 0 Å². The van der Waals surface area contributed by atoms with Gasteiger partial charge < -0.3 is 15.4 Å². The van der Waals surface area contributed by atoms with Gasteiger partial charge in [-0.3, -0.25) is 4.79 Å². The van der Waals surface area contributed by atoms with E-state index in [9.17, 15) is 4.79 Å². The summed E-state index contributed by atoms with van der Waals surface area (Å²) in [7, 11) is 0. The zero-order chi connectivity index (χ0) is 15.7. The number of thiazole rings is 1. The maximum atomic E-state index is 12.9. The standard InChI is InChI=1S/C16H19N3O2S/c1-10-8-19(9-11(2)21-10)15(20)14-13(18-16(17)22-14)12-6-4-3-5-7-12/h3-7,10-11H,8-9H2,1-2H3,(H2,17,18). The third-order valence-electron chi connectivity index (χ3n) is 3.59. The molecule has 2 aromatic rings. The molecule has 1 aliphatic rings. The number of hydrogen-bond donors (Lipinski definition) is 1. The van der Waals surface area contributed by atoms with Gasteiger partial charge in [-0.05, 0) is 13.8 Å². The van der Waals surface area contributed by atoms with E-state index in [1.54, 1.807) is 0 Å². The van der Waals surface area contributed by atoms with Crippen molar-refractivity contribution in [2.75, 3.05) is 18.8 Å². The number of carbonyl (C=O) groups is 1. The molecule has 2 atom stereocenters. The van der Waals surface area contributed by atoms with E-state index in [1.807, 2.05) is 49.1 Å². The predicted octanol–water partition coefficient (Wildman–Crippen LogP) is 2.64. The predicted molar refractivity (Wildman–Crippen MR) is 87.9 cm³/mol. The van der Waals surface area contributed by atoms with E-state index in [0.717, 1.165) is 5.56 Å². The minimum atomic E-state index is -0.0185. The first-order chi connectivity index (χ1) is 10.5. The van der Waals surface area contributed by atoms with Gasteiger partial charge in [0.1, 0.15) is 4.88 Å². The van der Waals surface area contributed by atoms with E-state index in [-0.39, 0.29) is 18.1 Å². The van der Waals surface area contributed by atoms with Crippen LogP contribution in [0.15, 0.2) is 30.3 Å². The minimum absolute atomic E-state index is 0.0185. The van der Waals surface area contributed by atoms with Crippen molar-refractivity contribution in [3.63, 3.8) is 0 Å². The van der Waals surface area contributed by atoms with Gasteiger partial charge in [-0.2, -0.15) is 0 Å². The molecule has 0 bridgehead atoms. The van der Waals surface area contributed by atoms with Crippen molar-refractivity contribution in [2.45, 2.75) is 26.1 Å². The molecule has 0 saturated carbocycles. The lowest BCUT2D eigenvalue weighted by Gasteiger charge is -2.35. The molecular weight excluding hydrogens is 298 g/mol. The molecule has 5 nitrogen and oxygen atoms in total. The number of morpholine rings is 1. The average molecular weight is 317 g/mol. The van der Waals surface area contributed by atoms with Crippen molar-refractivity contribution in [2.24, 2.45) is 0 Å². The fourth-order valence-corrected chi connectivity index (χ4v) is 3.58. The van der Waals surface area contributed by atoms with Crippen LogP contribution in [-0.4, -0.2) is 41.1 Å². The van der Waals surface area contributed by atoms with E-state index in [0.29, 0.717) is 28.8 Å². The SMILES string of the molecule is CC1CN(C(=O)c2sc(N)nc2-c2ccccc2)CC(C)O1. The molecule has 22 heavy (non-hydrogen) atoms. The van der Waals surface area contributed by atoms with Crippen LogP contribution in [0.3, 0.4) is 0 Å². The Hall–Kier alpha value is -1.92. The van der Waals surface area contributed by atoms with Gasteiger partial charge in [0.15, 0.2) is 5.13 Å². The third-order valence-corrected chi connectivity index (χ3v) is 4.46. The number of nitrogens with two attached hydrogens (primary N) is 1. The van der Waals surface area contributed by atoms with E-state index >= 15 is 0 Å². The Labute approximate surface area is 133 Å². The van der Waals surface area contributed by atoms with Crippen LogP contribution in [0.5, 0.6) is 0 Å². The lowest BCUT2D eigenvalue weighted by Crippen LogP contribution is -2.48. The summed E-state index contributed by atoms with van der Waals surface area (Å²) >= 11 is 1.25. The normalized spacial score (nSPS) is 21.8. The molecule has 1 amide bonds. The molecule has 3 rings (SSSR count). The Morgan fingerprint density at radius 3 is 2.55 bits per heavy atom. The van der Waals surface area contributed by atoms with Crippen molar-refractivity contribution < 1.29 is 9.53 Å². The van der Waals surface area contributed by atoms with Crippen molar-refractivity contribution >= 4 is 22.4 Å². The smallest absolute Gasteiger partial charge is 0.266 e. The maximum Gasteiger partial charge on any atom is 0.266 e. The van der Waals surface area contributed by atoms with E-state index < -0.39 is 0 Å². The quantitative estimate of drug-likeness (QED) is 0.924. The highest BCUT2D eigenvalue weighted by atomic mass is 32.1. The van der Waals surface area contributed by atoms with Crippen LogP contribution < -0.4 is 5.73 Å². The molecule has 1 saturated heterocycles. The van der Waals surface area contributed by atoms with Crippen LogP contribution in [-0.2, 0) is 4.74 Å². The second-order valence-corrected chi connectivity index (χ2v) is 6.59. The summed E-state index contributed by atoms with van der Waals surface area (Å²) < 4.78 is 5.69. The molecular formula is C16H19N3O2S. The highest BCUT2D eigenvalue weighted by Gasteiger charge is 2.29. The minimum Gasteiger partial charge on any atom is -0.375 e. The van der Waals surface area contributed by atoms with Crippen LogP contribution in [0.25, 0.3) is 11.3 Å². The number of aromatic nitrogens is 1. The second kappa shape index (κ2) is 6.06. The highest BCUT2D eigenvalue weighted by molar-refractivity contribution is 7.17. The zero-order valence-corrected chi connectivity index (χ0v) is 13.5. The van der Waals surface area contributed by atoms with Crippen molar-refractivity contribution in [3.05, 3.63) is 35.2 Å². The molecule has 1 fully saturated rings. The molecule has 2 heterocycles. The van der Waals surface area contributed by atoms with E-state index in [2.05, 4.69) is 4.98 Å². The number of rotatable bonds is 2. The van der Waals surface area contributed by atoms with E-state index in [4.69, 9.17) is 10.5 Å². The van der Waals surface area contributed by atoms with Gasteiger partial charge in [0.25, 0.3) is 5.91 Å². The van der Waals surface area contributed by atoms with Crippen LogP contribution >= 0.6 is 11.3 Å². The fourth-order valence-electron chi connectivity index (χ4n) is 2.76. The lowest BCUT2D eigenvalue weighted by molar-refractivity contribution is -0.0584. The van der Waals surface area contributed by atoms with Gasteiger partial charge in [-0.25, -0.2) is 4.98 Å². The summed E-state index contributed by atoms with van der Waals surface area (Å²) in [5, 5.41) is 0.413. The number of benzene rings is 1. The van der Waals surface area contributed by atoms with Crippen LogP contribution in [0.2, 0.25) is 0 Å². The summed E-state index contributed by atoms with van der Waals surface area (Å²) in [5.74, 6) is -0.0185. The first-order valence-corrected chi connectivity index (χ1v) is 8.12. The van der Waals surface area contributed by atoms with Gasteiger partial charge in [0, 0.05) is 18.7 Å².